The summed E-state index contributed by atoms with van der Waals surface area (Å²) in [4.78, 5) is 0. The summed E-state index contributed by atoms with van der Waals surface area (Å²) in [6.07, 6.45) is 0.939. The number of hydrogen-bond acceptors (Lipinski definition) is 2. The Labute approximate surface area is 121 Å². The predicted molar refractivity (Wildman–Crippen MR) is 80.3 cm³/mol. The summed E-state index contributed by atoms with van der Waals surface area (Å²) < 4.78 is 6.90. The molecule has 0 aliphatic rings. The molecule has 98 valence electrons. The number of furan rings is 1. The Hall–Kier alpha value is -0.510. The molecule has 0 aliphatic carbocycles. The number of rotatable bonds is 4. The first-order valence-electron chi connectivity index (χ1n) is 6.15. The Bertz CT molecular complexity index is 562. The van der Waals surface area contributed by atoms with Crippen molar-refractivity contribution >= 4 is 38.5 Å². The maximum atomic E-state index is 6.22. The van der Waals surface area contributed by atoms with Crippen LogP contribution in [0.4, 0.5) is 0 Å². The van der Waals surface area contributed by atoms with Gasteiger partial charge in [0.05, 0.1) is 11.6 Å². The Balaban J connectivity index is 2.50. The van der Waals surface area contributed by atoms with Crippen LogP contribution in [0, 0.1) is 0 Å². The van der Waals surface area contributed by atoms with E-state index in [0.717, 1.165) is 34.2 Å². The number of aryl methyl sites for hydroxylation is 1. The molecule has 18 heavy (non-hydrogen) atoms. The zero-order valence-electron chi connectivity index (χ0n) is 10.8. The van der Waals surface area contributed by atoms with Gasteiger partial charge in [-0.05, 0) is 18.6 Å². The van der Waals surface area contributed by atoms with Crippen molar-refractivity contribution in [2.75, 3.05) is 0 Å². The van der Waals surface area contributed by atoms with Gasteiger partial charge in [0.25, 0.3) is 0 Å². The quantitative estimate of drug-likeness (QED) is 0.861. The standard InChI is InChI=1S/C14H17BrClNO/c1-4-10-11-5-9(15)6-12(16)14(11)18-13(10)7-17-8(2)3/h5-6,8,17H,4,7H2,1-3H3. The van der Waals surface area contributed by atoms with Gasteiger partial charge in [0.2, 0.25) is 0 Å². The number of benzene rings is 1. The molecule has 0 saturated heterocycles. The molecule has 0 amide bonds. The van der Waals surface area contributed by atoms with Crippen molar-refractivity contribution in [2.24, 2.45) is 0 Å². The van der Waals surface area contributed by atoms with E-state index in [4.69, 9.17) is 16.0 Å². The minimum absolute atomic E-state index is 0.435. The van der Waals surface area contributed by atoms with E-state index in [1.807, 2.05) is 6.07 Å². The smallest absolute Gasteiger partial charge is 0.153 e. The highest BCUT2D eigenvalue weighted by atomic mass is 79.9. The minimum atomic E-state index is 0.435. The number of nitrogens with one attached hydrogen (secondary N) is 1. The van der Waals surface area contributed by atoms with Gasteiger partial charge in [0, 0.05) is 21.5 Å². The van der Waals surface area contributed by atoms with Crippen molar-refractivity contribution in [2.45, 2.75) is 39.8 Å². The lowest BCUT2D eigenvalue weighted by Crippen LogP contribution is -2.22. The summed E-state index contributed by atoms with van der Waals surface area (Å²) in [5.74, 6) is 0.987. The van der Waals surface area contributed by atoms with Crippen LogP contribution in [0.3, 0.4) is 0 Å². The molecule has 1 heterocycles. The summed E-state index contributed by atoms with van der Waals surface area (Å²) in [6, 6.07) is 4.37. The molecule has 2 nitrogen and oxygen atoms in total. The van der Waals surface area contributed by atoms with Crippen LogP contribution in [0.2, 0.25) is 5.02 Å². The van der Waals surface area contributed by atoms with Crippen LogP contribution in [0.5, 0.6) is 0 Å². The van der Waals surface area contributed by atoms with Crippen LogP contribution in [0.1, 0.15) is 32.1 Å². The minimum Gasteiger partial charge on any atom is -0.458 e. The largest absolute Gasteiger partial charge is 0.458 e. The van der Waals surface area contributed by atoms with Crippen LogP contribution in [-0.4, -0.2) is 6.04 Å². The molecular formula is C14H17BrClNO. The van der Waals surface area contributed by atoms with E-state index in [2.05, 4.69) is 48.1 Å². The van der Waals surface area contributed by atoms with Crippen molar-refractivity contribution < 1.29 is 4.42 Å². The van der Waals surface area contributed by atoms with Crippen LogP contribution in [0.25, 0.3) is 11.0 Å². The lowest BCUT2D eigenvalue weighted by Gasteiger charge is -2.06. The molecule has 0 unspecified atom stereocenters. The van der Waals surface area contributed by atoms with E-state index in [0.29, 0.717) is 11.1 Å². The number of hydrogen-bond donors (Lipinski definition) is 1. The molecule has 0 spiro atoms. The van der Waals surface area contributed by atoms with Crippen molar-refractivity contribution in [1.82, 2.24) is 5.32 Å². The Morgan fingerprint density at radius 3 is 2.72 bits per heavy atom. The maximum Gasteiger partial charge on any atom is 0.153 e. The Kier molecular flexibility index (Phi) is 4.36. The van der Waals surface area contributed by atoms with Crippen LogP contribution < -0.4 is 5.32 Å². The lowest BCUT2D eigenvalue weighted by atomic mass is 10.1. The van der Waals surface area contributed by atoms with Gasteiger partial charge in [-0.25, -0.2) is 0 Å². The molecule has 0 fully saturated rings. The van der Waals surface area contributed by atoms with Crippen molar-refractivity contribution in [3.05, 3.63) is 33.0 Å². The van der Waals surface area contributed by atoms with Crippen molar-refractivity contribution in [3.63, 3.8) is 0 Å². The van der Waals surface area contributed by atoms with E-state index in [9.17, 15) is 0 Å². The van der Waals surface area contributed by atoms with E-state index in [-0.39, 0.29) is 0 Å². The summed E-state index contributed by atoms with van der Waals surface area (Å²) in [5, 5.41) is 5.15. The molecule has 2 rings (SSSR count). The number of fused-ring (bicyclic) bond motifs is 1. The highest BCUT2D eigenvalue weighted by Gasteiger charge is 2.15. The van der Waals surface area contributed by atoms with Gasteiger partial charge < -0.3 is 9.73 Å². The molecule has 0 saturated carbocycles. The first-order chi connectivity index (χ1) is 8.52. The number of halogens is 2. The third kappa shape index (κ3) is 2.73. The fourth-order valence-electron chi connectivity index (χ4n) is 2.05. The fraction of sp³-hybridized carbons (Fsp3) is 0.429. The summed E-state index contributed by atoms with van der Waals surface area (Å²) in [5.41, 5.74) is 2.03. The predicted octanol–water partition coefficient (Wildman–Crippen LogP) is 4.91. The van der Waals surface area contributed by atoms with E-state index < -0.39 is 0 Å². The molecule has 1 N–H and O–H groups in total. The van der Waals surface area contributed by atoms with Gasteiger partial charge >= 0.3 is 0 Å². The maximum absolute atomic E-state index is 6.22. The Morgan fingerprint density at radius 2 is 2.11 bits per heavy atom. The monoisotopic (exact) mass is 329 g/mol. The van der Waals surface area contributed by atoms with Gasteiger partial charge in [0.15, 0.2) is 5.58 Å². The Morgan fingerprint density at radius 1 is 1.39 bits per heavy atom. The molecule has 4 heteroatoms. The molecule has 0 bridgehead atoms. The van der Waals surface area contributed by atoms with Gasteiger partial charge in [-0.2, -0.15) is 0 Å². The average molecular weight is 331 g/mol. The van der Waals surface area contributed by atoms with Gasteiger partial charge in [-0.1, -0.05) is 48.3 Å². The zero-order valence-corrected chi connectivity index (χ0v) is 13.2. The SMILES string of the molecule is CCc1c(CNC(C)C)oc2c(Cl)cc(Br)cc12. The topological polar surface area (TPSA) is 25.2 Å². The zero-order chi connectivity index (χ0) is 13.3. The second kappa shape index (κ2) is 5.64. The van der Waals surface area contributed by atoms with Gasteiger partial charge in [-0.15, -0.1) is 0 Å². The third-order valence-electron chi connectivity index (χ3n) is 2.92. The molecule has 1 aromatic carbocycles. The normalized spacial score (nSPS) is 11.7. The van der Waals surface area contributed by atoms with Gasteiger partial charge in [0.1, 0.15) is 5.76 Å². The highest BCUT2D eigenvalue weighted by Crippen LogP contribution is 2.34. The summed E-state index contributed by atoms with van der Waals surface area (Å²) in [6.45, 7) is 7.12. The first kappa shape index (κ1) is 13.9. The van der Waals surface area contributed by atoms with Gasteiger partial charge in [-0.3, -0.25) is 0 Å². The molecule has 0 aliphatic heterocycles. The van der Waals surface area contributed by atoms with E-state index >= 15 is 0 Å². The van der Waals surface area contributed by atoms with Crippen molar-refractivity contribution in [1.29, 1.82) is 0 Å². The summed E-state index contributed by atoms with van der Waals surface area (Å²) in [7, 11) is 0. The van der Waals surface area contributed by atoms with E-state index in [1.165, 1.54) is 5.56 Å². The second-order valence-corrected chi connectivity index (χ2v) is 5.98. The second-order valence-electron chi connectivity index (χ2n) is 4.66. The molecule has 1 aromatic heterocycles. The average Bonchev–Trinajstić information content (AvgIpc) is 2.64. The molecule has 0 radical (unpaired) electrons. The molecule has 0 atom stereocenters. The van der Waals surface area contributed by atoms with Crippen molar-refractivity contribution in [3.8, 4) is 0 Å². The highest BCUT2D eigenvalue weighted by molar-refractivity contribution is 9.10. The fourth-order valence-corrected chi connectivity index (χ4v) is 2.90. The van der Waals surface area contributed by atoms with E-state index in [1.54, 1.807) is 0 Å². The van der Waals surface area contributed by atoms with Crippen LogP contribution in [0.15, 0.2) is 21.0 Å². The molecule has 2 aromatic rings. The first-order valence-corrected chi connectivity index (χ1v) is 7.32. The van der Waals surface area contributed by atoms with Crippen LogP contribution >= 0.6 is 27.5 Å². The summed E-state index contributed by atoms with van der Waals surface area (Å²) >= 11 is 9.70. The molecular weight excluding hydrogens is 314 g/mol. The third-order valence-corrected chi connectivity index (χ3v) is 3.66. The van der Waals surface area contributed by atoms with Crippen LogP contribution in [-0.2, 0) is 13.0 Å². The lowest BCUT2D eigenvalue weighted by molar-refractivity contribution is 0.484.